The maximum Gasteiger partial charge on any atom is 0.101 e. The first kappa shape index (κ1) is 22.0. The fourth-order valence-electron chi connectivity index (χ4n) is 5.58. The third-order valence-corrected chi connectivity index (χ3v) is 7.34. The standard InChI is InChI=1S/C36H22N2/c37-21-24-19-30(23-38-22-24)26-13-16-27(17-14-26)35-31-9-3-5-11-33(31)36(34-12-6-4-10-32(34)35)29-18-15-25-7-1-2-8-28(25)20-29/h1-20,22-23H. The number of hydrogen-bond donors (Lipinski definition) is 0. The average molecular weight is 483 g/mol. The van der Waals surface area contributed by atoms with E-state index in [-0.39, 0.29) is 0 Å². The molecule has 0 radical (unpaired) electrons. The zero-order valence-electron chi connectivity index (χ0n) is 20.6. The third kappa shape index (κ3) is 3.61. The van der Waals surface area contributed by atoms with Gasteiger partial charge in [-0.15, -0.1) is 0 Å². The first-order valence-corrected chi connectivity index (χ1v) is 12.7. The molecule has 0 atom stereocenters. The molecule has 0 bridgehead atoms. The van der Waals surface area contributed by atoms with Crippen LogP contribution < -0.4 is 0 Å². The van der Waals surface area contributed by atoms with Gasteiger partial charge in [0.25, 0.3) is 0 Å². The van der Waals surface area contributed by atoms with Crippen LogP contribution in [0, 0.1) is 11.3 Å². The van der Waals surface area contributed by atoms with Crippen molar-refractivity contribution in [3.05, 3.63) is 139 Å². The number of nitriles is 1. The second-order valence-electron chi connectivity index (χ2n) is 9.55. The van der Waals surface area contributed by atoms with E-state index in [1.165, 1.54) is 49.0 Å². The molecule has 7 rings (SSSR count). The summed E-state index contributed by atoms with van der Waals surface area (Å²) in [7, 11) is 0. The fraction of sp³-hybridized carbons (Fsp3) is 0. The molecule has 0 fully saturated rings. The van der Waals surface area contributed by atoms with Gasteiger partial charge >= 0.3 is 0 Å². The lowest BCUT2D eigenvalue weighted by Crippen LogP contribution is -1.91. The van der Waals surface area contributed by atoms with E-state index in [1.807, 2.05) is 6.07 Å². The molecule has 0 saturated heterocycles. The summed E-state index contributed by atoms with van der Waals surface area (Å²) < 4.78 is 0. The van der Waals surface area contributed by atoms with E-state index in [4.69, 9.17) is 0 Å². The molecule has 2 nitrogen and oxygen atoms in total. The molecule has 1 heterocycles. The van der Waals surface area contributed by atoms with E-state index < -0.39 is 0 Å². The molecule has 0 aliphatic heterocycles. The molecule has 0 saturated carbocycles. The van der Waals surface area contributed by atoms with Gasteiger partial charge in [0.1, 0.15) is 6.07 Å². The SMILES string of the molecule is N#Cc1cncc(-c2ccc(-c3c4ccccc4c(-c4ccc5ccccc5c4)c4ccccc34)cc2)c1. The van der Waals surface area contributed by atoms with Crippen molar-refractivity contribution < 1.29 is 0 Å². The summed E-state index contributed by atoms with van der Waals surface area (Å²) in [6, 6.07) is 45.4. The van der Waals surface area contributed by atoms with Crippen LogP contribution in [0.5, 0.6) is 0 Å². The van der Waals surface area contributed by atoms with Gasteiger partial charge < -0.3 is 0 Å². The van der Waals surface area contributed by atoms with Crippen LogP contribution in [-0.4, -0.2) is 4.98 Å². The van der Waals surface area contributed by atoms with E-state index in [0.29, 0.717) is 5.56 Å². The van der Waals surface area contributed by atoms with Crippen molar-refractivity contribution in [2.24, 2.45) is 0 Å². The highest BCUT2D eigenvalue weighted by molar-refractivity contribution is 6.21. The topological polar surface area (TPSA) is 36.7 Å². The quantitative estimate of drug-likeness (QED) is 0.235. The van der Waals surface area contributed by atoms with Gasteiger partial charge in [-0.2, -0.15) is 5.26 Å². The van der Waals surface area contributed by atoms with Gasteiger partial charge in [-0.05, 0) is 72.3 Å². The van der Waals surface area contributed by atoms with E-state index in [1.54, 1.807) is 12.4 Å². The van der Waals surface area contributed by atoms with Gasteiger partial charge in [-0.3, -0.25) is 4.98 Å². The average Bonchev–Trinajstić information content (AvgIpc) is 2.99. The highest BCUT2D eigenvalue weighted by Gasteiger charge is 2.16. The Kier molecular flexibility index (Phi) is 5.20. The molecule has 6 aromatic carbocycles. The molecule has 0 N–H and O–H groups in total. The van der Waals surface area contributed by atoms with Crippen LogP contribution in [0.4, 0.5) is 0 Å². The van der Waals surface area contributed by atoms with Crippen LogP contribution in [0.3, 0.4) is 0 Å². The number of rotatable bonds is 3. The van der Waals surface area contributed by atoms with Crippen molar-refractivity contribution >= 4 is 32.3 Å². The minimum atomic E-state index is 0.563. The predicted octanol–water partition coefficient (Wildman–Crippen LogP) is 9.41. The zero-order chi connectivity index (χ0) is 25.5. The summed E-state index contributed by atoms with van der Waals surface area (Å²) in [6.07, 6.45) is 3.40. The Hall–Kier alpha value is -5.26. The number of nitrogens with zero attached hydrogens (tertiary/aromatic N) is 2. The molecule has 0 unspecified atom stereocenters. The molecular weight excluding hydrogens is 460 g/mol. The maximum atomic E-state index is 9.27. The Morgan fingerprint density at radius 3 is 1.61 bits per heavy atom. The number of benzene rings is 6. The van der Waals surface area contributed by atoms with Crippen LogP contribution in [-0.2, 0) is 0 Å². The minimum Gasteiger partial charge on any atom is -0.263 e. The predicted molar refractivity (Wildman–Crippen MR) is 158 cm³/mol. The van der Waals surface area contributed by atoms with E-state index in [0.717, 1.165) is 16.7 Å². The van der Waals surface area contributed by atoms with Crippen LogP contribution in [0.1, 0.15) is 5.56 Å². The fourth-order valence-corrected chi connectivity index (χ4v) is 5.58. The molecule has 0 spiro atoms. The van der Waals surface area contributed by atoms with E-state index in [2.05, 4.69) is 126 Å². The van der Waals surface area contributed by atoms with Gasteiger partial charge in [-0.25, -0.2) is 0 Å². The van der Waals surface area contributed by atoms with E-state index in [9.17, 15) is 5.26 Å². The lowest BCUT2D eigenvalue weighted by molar-refractivity contribution is 1.30. The lowest BCUT2D eigenvalue weighted by atomic mass is 9.85. The maximum absolute atomic E-state index is 9.27. The molecule has 0 amide bonds. The Balaban J connectivity index is 1.47. The smallest absolute Gasteiger partial charge is 0.101 e. The molecule has 0 aliphatic rings. The number of pyridine rings is 1. The van der Waals surface area contributed by atoms with Gasteiger partial charge in [0.15, 0.2) is 0 Å². The largest absolute Gasteiger partial charge is 0.263 e. The lowest BCUT2D eigenvalue weighted by Gasteiger charge is -2.18. The second-order valence-corrected chi connectivity index (χ2v) is 9.55. The highest BCUT2D eigenvalue weighted by atomic mass is 14.6. The molecule has 7 aromatic rings. The summed E-state index contributed by atoms with van der Waals surface area (Å²) in [5.41, 5.74) is 7.43. The van der Waals surface area contributed by atoms with Gasteiger partial charge in [0, 0.05) is 18.0 Å². The summed E-state index contributed by atoms with van der Waals surface area (Å²) in [5.74, 6) is 0. The van der Waals surface area contributed by atoms with Gasteiger partial charge in [0.2, 0.25) is 0 Å². The summed E-state index contributed by atoms with van der Waals surface area (Å²) in [6.45, 7) is 0. The second kappa shape index (κ2) is 9.00. The van der Waals surface area contributed by atoms with Crippen molar-refractivity contribution in [3.8, 4) is 39.4 Å². The van der Waals surface area contributed by atoms with Crippen molar-refractivity contribution in [1.82, 2.24) is 4.98 Å². The molecule has 176 valence electrons. The monoisotopic (exact) mass is 482 g/mol. The number of aromatic nitrogens is 1. The number of fused-ring (bicyclic) bond motifs is 3. The normalized spacial score (nSPS) is 11.1. The Labute approximate surface area is 221 Å². The first-order chi connectivity index (χ1) is 18.8. The van der Waals surface area contributed by atoms with Crippen molar-refractivity contribution in [3.63, 3.8) is 0 Å². The van der Waals surface area contributed by atoms with Crippen LogP contribution in [0.25, 0.3) is 65.7 Å². The Morgan fingerprint density at radius 1 is 0.447 bits per heavy atom. The summed E-state index contributed by atoms with van der Waals surface area (Å²) >= 11 is 0. The zero-order valence-corrected chi connectivity index (χ0v) is 20.6. The molecular formula is C36H22N2. The van der Waals surface area contributed by atoms with Crippen LogP contribution >= 0.6 is 0 Å². The molecule has 0 aliphatic carbocycles. The van der Waals surface area contributed by atoms with Crippen LogP contribution in [0.2, 0.25) is 0 Å². The van der Waals surface area contributed by atoms with Crippen molar-refractivity contribution in [2.75, 3.05) is 0 Å². The van der Waals surface area contributed by atoms with Crippen LogP contribution in [0.15, 0.2) is 134 Å². The van der Waals surface area contributed by atoms with Crippen molar-refractivity contribution in [2.45, 2.75) is 0 Å². The van der Waals surface area contributed by atoms with E-state index >= 15 is 0 Å². The third-order valence-electron chi connectivity index (χ3n) is 7.34. The number of hydrogen-bond acceptors (Lipinski definition) is 2. The first-order valence-electron chi connectivity index (χ1n) is 12.7. The van der Waals surface area contributed by atoms with Gasteiger partial charge in [0.05, 0.1) is 5.56 Å². The summed E-state index contributed by atoms with van der Waals surface area (Å²) in [4.78, 5) is 4.23. The van der Waals surface area contributed by atoms with Gasteiger partial charge in [-0.1, -0.05) is 109 Å². The minimum absolute atomic E-state index is 0.563. The Bertz CT molecular complexity index is 1970. The molecule has 2 heteroatoms. The summed E-state index contributed by atoms with van der Waals surface area (Å²) in [5, 5.41) is 16.7. The molecule has 1 aromatic heterocycles. The Morgan fingerprint density at radius 2 is 0.974 bits per heavy atom. The highest BCUT2D eigenvalue weighted by Crippen LogP contribution is 2.44. The van der Waals surface area contributed by atoms with Crippen molar-refractivity contribution in [1.29, 1.82) is 5.26 Å². The molecule has 38 heavy (non-hydrogen) atoms.